The van der Waals surface area contributed by atoms with Crippen molar-refractivity contribution in [3.8, 4) is 11.1 Å². The molecule has 1 aromatic heterocycles. The first-order valence-electron chi connectivity index (χ1n) is 4.47. The largest absolute Gasteiger partial charge is 0.458 e. The Morgan fingerprint density at radius 2 is 1.93 bits per heavy atom. The van der Waals surface area contributed by atoms with E-state index < -0.39 is 5.91 Å². The molecule has 15 heavy (non-hydrogen) atoms. The zero-order valence-electron chi connectivity index (χ0n) is 7.94. The van der Waals surface area contributed by atoms with Crippen molar-refractivity contribution in [1.29, 1.82) is 0 Å². The molecule has 0 spiro atoms. The van der Waals surface area contributed by atoms with E-state index in [2.05, 4.69) is 0 Å². The lowest BCUT2D eigenvalue weighted by atomic mass is 10.1. The Labute approximate surface area is 86.7 Å². The number of carbonyl (C=O) groups excluding carboxylic acids is 1. The SMILES string of the molecule is NNC(=O)c1occc1-c1ccccc1. The summed E-state index contributed by atoms with van der Waals surface area (Å²) in [6.45, 7) is 0. The fourth-order valence-corrected chi connectivity index (χ4v) is 1.40. The van der Waals surface area contributed by atoms with E-state index >= 15 is 0 Å². The summed E-state index contributed by atoms with van der Waals surface area (Å²) in [5.74, 6) is 4.84. The Morgan fingerprint density at radius 3 is 2.60 bits per heavy atom. The smallest absolute Gasteiger partial charge is 0.301 e. The normalized spacial score (nSPS) is 9.93. The van der Waals surface area contributed by atoms with Crippen molar-refractivity contribution in [2.24, 2.45) is 5.84 Å². The van der Waals surface area contributed by atoms with E-state index in [0.717, 1.165) is 11.1 Å². The molecule has 0 atom stereocenters. The van der Waals surface area contributed by atoms with Gasteiger partial charge in [-0.1, -0.05) is 30.3 Å². The third kappa shape index (κ3) is 1.75. The third-order valence-electron chi connectivity index (χ3n) is 2.09. The van der Waals surface area contributed by atoms with E-state index in [1.54, 1.807) is 6.07 Å². The highest BCUT2D eigenvalue weighted by atomic mass is 16.3. The third-order valence-corrected chi connectivity index (χ3v) is 2.09. The van der Waals surface area contributed by atoms with Gasteiger partial charge in [-0.3, -0.25) is 10.2 Å². The van der Waals surface area contributed by atoms with Crippen LogP contribution >= 0.6 is 0 Å². The minimum absolute atomic E-state index is 0.226. The number of hydrogen-bond acceptors (Lipinski definition) is 3. The van der Waals surface area contributed by atoms with Crippen molar-refractivity contribution < 1.29 is 9.21 Å². The molecule has 4 nitrogen and oxygen atoms in total. The van der Waals surface area contributed by atoms with E-state index in [1.807, 2.05) is 35.8 Å². The van der Waals surface area contributed by atoms with Crippen LogP contribution in [0.1, 0.15) is 10.6 Å². The Kier molecular flexibility index (Phi) is 2.51. The lowest BCUT2D eigenvalue weighted by molar-refractivity contribution is 0.0927. The summed E-state index contributed by atoms with van der Waals surface area (Å²) in [6, 6.07) is 11.2. The molecule has 0 saturated heterocycles. The number of hydrazine groups is 1. The van der Waals surface area contributed by atoms with Gasteiger partial charge in [0.25, 0.3) is 0 Å². The molecule has 76 valence electrons. The molecule has 1 aromatic carbocycles. The molecule has 1 amide bonds. The van der Waals surface area contributed by atoms with Gasteiger partial charge >= 0.3 is 5.91 Å². The second-order valence-corrected chi connectivity index (χ2v) is 3.00. The summed E-state index contributed by atoms with van der Waals surface area (Å²) in [7, 11) is 0. The first kappa shape index (κ1) is 9.48. The number of nitrogens with two attached hydrogens (primary N) is 1. The number of carbonyl (C=O) groups is 1. The van der Waals surface area contributed by atoms with Gasteiger partial charge in [-0.25, -0.2) is 5.84 Å². The van der Waals surface area contributed by atoms with Crippen molar-refractivity contribution in [3.05, 3.63) is 48.4 Å². The van der Waals surface area contributed by atoms with Gasteiger partial charge in [0.15, 0.2) is 5.76 Å². The number of furan rings is 1. The summed E-state index contributed by atoms with van der Waals surface area (Å²) in [4.78, 5) is 11.3. The maximum absolute atomic E-state index is 11.3. The predicted molar refractivity (Wildman–Crippen MR) is 55.8 cm³/mol. The fourth-order valence-electron chi connectivity index (χ4n) is 1.40. The molecule has 0 fully saturated rings. The van der Waals surface area contributed by atoms with E-state index in [4.69, 9.17) is 10.3 Å². The average molecular weight is 202 g/mol. The zero-order valence-corrected chi connectivity index (χ0v) is 7.94. The summed E-state index contributed by atoms with van der Waals surface area (Å²) in [5, 5.41) is 0. The van der Waals surface area contributed by atoms with Crippen molar-refractivity contribution >= 4 is 5.91 Å². The first-order chi connectivity index (χ1) is 7.33. The number of nitrogen functional groups attached to an aromatic ring is 1. The van der Waals surface area contributed by atoms with Gasteiger partial charge in [0.2, 0.25) is 0 Å². The van der Waals surface area contributed by atoms with Crippen LogP contribution in [-0.2, 0) is 0 Å². The van der Waals surface area contributed by atoms with Crippen molar-refractivity contribution in [2.75, 3.05) is 0 Å². The lowest BCUT2D eigenvalue weighted by Crippen LogP contribution is -2.29. The molecular formula is C11H10N2O2. The number of rotatable bonds is 2. The van der Waals surface area contributed by atoms with Crippen LogP contribution in [0.5, 0.6) is 0 Å². The van der Waals surface area contributed by atoms with Crippen LogP contribution < -0.4 is 11.3 Å². The maximum atomic E-state index is 11.3. The van der Waals surface area contributed by atoms with Gasteiger partial charge in [-0.15, -0.1) is 0 Å². The molecule has 0 aliphatic carbocycles. The highest BCUT2D eigenvalue weighted by Gasteiger charge is 2.14. The summed E-state index contributed by atoms with van der Waals surface area (Å²) in [5.41, 5.74) is 3.70. The maximum Gasteiger partial charge on any atom is 0.301 e. The van der Waals surface area contributed by atoms with Gasteiger partial charge in [0.1, 0.15) is 0 Å². The molecular weight excluding hydrogens is 192 g/mol. The van der Waals surface area contributed by atoms with E-state index in [1.165, 1.54) is 6.26 Å². The van der Waals surface area contributed by atoms with Crippen LogP contribution in [0.15, 0.2) is 47.1 Å². The van der Waals surface area contributed by atoms with Gasteiger partial charge in [0, 0.05) is 5.56 Å². The summed E-state index contributed by atoms with van der Waals surface area (Å²) in [6.07, 6.45) is 1.47. The Morgan fingerprint density at radius 1 is 1.20 bits per heavy atom. The monoisotopic (exact) mass is 202 g/mol. The van der Waals surface area contributed by atoms with Gasteiger partial charge in [0.05, 0.1) is 6.26 Å². The Balaban J connectivity index is 2.46. The van der Waals surface area contributed by atoms with Crippen molar-refractivity contribution in [1.82, 2.24) is 5.43 Å². The van der Waals surface area contributed by atoms with Gasteiger partial charge in [-0.2, -0.15) is 0 Å². The van der Waals surface area contributed by atoms with Gasteiger partial charge in [-0.05, 0) is 11.6 Å². The molecule has 0 radical (unpaired) electrons. The topological polar surface area (TPSA) is 68.3 Å². The number of benzene rings is 1. The first-order valence-corrected chi connectivity index (χ1v) is 4.47. The molecule has 0 bridgehead atoms. The molecule has 0 unspecified atom stereocenters. The molecule has 1 heterocycles. The predicted octanol–water partition coefficient (Wildman–Crippen LogP) is 1.55. The molecule has 3 N–H and O–H groups in total. The van der Waals surface area contributed by atoms with Crippen molar-refractivity contribution in [3.63, 3.8) is 0 Å². The van der Waals surface area contributed by atoms with E-state index in [0.29, 0.717) is 0 Å². The second kappa shape index (κ2) is 3.98. The quantitative estimate of drug-likeness (QED) is 0.441. The molecule has 0 aliphatic heterocycles. The van der Waals surface area contributed by atoms with Crippen LogP contribution in [-0.4, -0.2) is 5.91 Å². The highest BCUT2D eigenvalue weighted by molar-refractivity contribution is 5.97. The van der Waals surface area contributed by atoms with Crippen LogP contribution in [0, 0.1) is 0 Å². The number of amides is 1. The molecule has 2 rings (SSSR count). The van der Waals surface area contributed by atoms with Crippen LogP contribution in [0.3, 0.4) is 0 Å². The number of hydrogen-bond donors (Lipinski definition) is 2. The molecule has 4 heteroatoms. The Bertz CT molecular complexity index is 462. The van der Waals surface area contributed by atoms with Crippen molar-refractivity contribution in [2.45, 2.75) is 0 Å². The van der Waals surface area contributed by atoms with E-state index in [-0.39, 0.29) is 5.76 Å². The molecule has 0 saturated carbocycles. The zero-order chi connectivity index (χ0) is 10.7. The fraction of sp³-hybridized carbons (Fsp3) is 0. The summed E-state index contributed by atoms with van der Waals surface area (Å²) >= 11 is 0. The standard InChI is InChI=1S/C11H10N2O2/c12-13-11(14)10-9(6-7-15-10)8-4-2-1-3-5-8/h1-7H,12H2,(H,13,14). The van der Waals surface area contributed by atoms with Gasteiger partial charge < -0.3 is 4.42 Å². The van der Waals surface area contributed by atoms with Crippen LogP contribution in [0.4, 0.5) is 0 Å². The highest BCUT2D eigenvalue weighted by Crippen LogP contribution is 2.24. The minimum Gasteiger partial charge on any atom is -0.458 e. The van der Waals surface area contributed by atoms with E-state index in [9.17, 15) is 4.79 Å². The number of nitrogens with one attached hydrogen (secondary N) is 1. The van der Waals surface area contributed by atoms with Crippen LogP contribution in [0.25, 0.3) is 11.1 Å². The lowest BCUT2D eigenvalue weighted by Gasteiger charge is -2.00. The van der Waals surface area contributed by atoms with Crippen LogP contribution in [0.2, 0.25) is 0 Å². The minimum atomic E-state index is -0.432. The molecule has 0 aliphatic rings. The molecule has 2 aromatic rings. The second-order valence-electron chi connectivity index (χ2n) is 3.00. The summed E-state index contributed by atoms with van der Waals surface area (Å²) < 4.78 is 5.08. The average Bonchev–Trinajstić information content (AvgIpc) is 2.78. The Hall–Kier alpha value is -2.07.